The van der Waals surface area contributed by atoms with Crippen LogP contribution in [-0.2, 0) is 20.7 Å². The van der Waals surface area contributed by atoms with E-state index in [1.807, 2.05) is 18.2 Å². The van der Waals surface area contributed by atoms with Crippen molar-refractivity contribution in [1.29, 1.82) is 0 Å². The van der Waals surface area contributed by atoms with E-state index in [1.165, 1.54) is 27.4 Å². The van der Waals surface area contributed by atoms with Crippen molar-refractivity contribution in [3.8, 4) is 23.0 Å². The van der Waals surface area contributed by atoms with Gasteiger partial charge in [-0.05, 0) is 40.6 Å². The number of hydrogen-bond donors (Lipinski definition) is 1. The third kappa shape index (κ3) is 3.71. The van der Waals surface area contributed by atoms with Crippen LogP contribution in [0.5, 0.6) is 23.0 Å². The van der Waals surface area contributed by atoms with E-state index in [4.69, 9.17) is 23.7 Å². The number of esters is 2. The molecule has 1 aliphatic rings. The zero-order chi connectivity index (χ0) is 28.9. The number of ether oxygens (including phenoxy) is 5. The number of carbonyl (C=O) groups excluding carboxylic acids is 4. The van der Waals surface area contributed by atoms with Gasteiger partial charge in [-0.15, -0.1) is 0 Å². The lowest BCUT2D eigenvalue weighted by atomic mass is 9.79. The summed E-state index contributed by atoms with van der Waals surface area (Å²) < 4.78 is 26.6. The molecule has 4 aromatic carbocycles. The smallest absolute Gasteiger partial charge is 0.341 e. The summed E-state index contributed by atoms with van der Waals surface area (Å²) >= 11 is 0. The maximum Gasteiger partial charge on any atom is 0.341 e. The number of benzene rings is 4. The molecule has 0 heterocycles. The highest BCUT2D eigenvalue weighted by molar-refractivity contribution is 6.33. The fourth-order valence-electron chi connectivity index (χ4n) is 5.31. The van der Waals surface area contributed by atoms with E-state index in [0.717, 1.165) is 19.6 Å². The van der Waals surface area contributed by atoms with Crippen molar-refractivity contribution in [1.82, 2.24) is 0 Å². The second-order valence-corrected chi connectivity index (χ2v) is 8.98. The van der Waals surface area contributed by atoms with Crippen LogP contribution < -0.4 is 14.2 Å². The van der Waals surface area contributed by atoms with Crippen molar-refractivity contribution in [3.05, 3.63) is 69.8 Å². The molecule has 0 amide bonds. The van der Waals surface area contributed by atoms with E-state index in [2.05, 4.69) is 0 Å². The Labute approximate surface area is 228 Å². The Balaban J connectivity index is 1.88. The lowest BCUT2D eigenvalue weighted by Gasteiger charge is -2.25. The minimum Gasteiger partial charge on any atom is -0.506 e. The predicted octanol–water partition coefficient (Wildman–Crippen LogP) is 4.00. The second-order valence-electron chi connectivity index (χ2n) is 8.98. The highest BCUT2D eigenvalue weighted by atomic mass is 16.5. The zero-order valence-corrected chi connectivity index (χ0v) is 22.3. The molecule has 10 nitrogen and oxygen atoms in total. The Kier molecular flexibility index (Phi) is 6.54. The molecule has 204 valence electrons. The lowest BCUT2D eigenvalue weighted by molar-refractivity contribution is -0.139. The Morgan fingerprint density at radius 3 is 2.08 bits per heavy atom. The molecule has 0 aromatic heterocycles. The average molecular weight is 545 g/mol. The van der Waals surface area contributed by atoms with Crippen LogP contribution in [0.4, 0.5) is 0 Å². The molecule has 4 aromatic rings. The Morgan fingerprint density at radius 1 is 0.750 bits per heavy atom. The minimum atomic E-state index is -0.990. The molecule has 40 heavy (non-hydrogen) atoms. The van der Waals surface area contributed by atoms with Gasteiger partial charge < -0.3 is 28.8 Å². The predicted molar refractivity (Wildman–Crippen MR) is 143 cm³/mol. The summed E-state index contributed by atoms with van der Waals surface area (Å²) in [6.07, 6.45) is -0.442. The Hall–Kier alpha value is -5.12. The van der Waals surface area contributed by atoms with Crippen LogP contribution in [0.15, 0.2) is 36.4 Å². The van der Waals surface area contributed by atoms with Crippen molar-refractivity contribution in [2.24, 2.45) is 0 Å². The van der Waals surface area contributed by atoms with E-state index >= 15 is 0 Å². The van der Waals surface area contributed by atoms with Gasteiger partial charge in [0.05, 0.1) is 63.9 Å². The number of phenols is 1. The molecule has 10 heteroatoms. The first kappa shape index (κ1) is 26.5. The Morgan fingerprint density at radius 2 is 1.45 bits per heavy atom. The lowest BCUT2D eigenvalue weighted by Crippen LogP contribution is -2.24. The van der Waals surface area contributed by atoms with Gasteiger partial charge in [0.25, 0.3) is 0 Å². The highest BCUT2D eigenvalue weighted by Crippen LogP contribution is 2.49. The van der Waals surface area contributed by atoms with E-state index in [1.54, 1.807) is 12.1 Å². The molecule has 0 radical (unpaired) electrons. The SMILES string of the molecule is COC(=O)Cc1cc2c(c(O)c1C(=O)OC)C(=O)c1c(cc3cc4cccc(OC)c4c(OC)c3c1OC)C2=O. The van der Waals surface area contributed by atoms with Crippen molar-refractivity contribution in [2.45, 2.75) is 6.42 Å². The fraction of sp³-hybridized carbons (Fsp3) is 0.200. The highest BCUT2D eigenvalue weighted by Gasteiger charge is 2.39. The summed E-state index contributed by atoms with van der Waals surface area (Å²) in [5.41, 5.74) is -1.08. The number of hydrogen-bond acceptors (Lipinski definition) is 10. The third-order valence-corrected chi connectivity index (χ3v) is 7.04. The van der Waals surface area contributed by atoms with E-state index in [9.17, 15) is 24.3 Å². The van der Waals surface area contributed by atoms with Crippen LogP contribution in [-0.4, -0.2) is 64.2 Å². The number of fused-ring (bicyclic) bond motifs is 4. The van der Waals surface area contributed by atoms with E-state index in [-0.39, 0.29) is 28.0 Å². The molecular formula is C30H24O10. The van der Waals surface area contributed by atoms with Gasteiger partial charge in [0.15, 0.2) is 5.78 Å². The largest absolute Gasteiger partial charge is 0.506 e. The second kappa shape index (κ2) is 9.88. The Bertz CT molecular complexity index is 1780. The molecule has 1 aliphatic carbocycles. The quantitative estimate of drug-likeness (QED) is 0.247. The molecule has 0 saturated carbocycles. The number of phenolic OH excluding ortho intramolecular Hbond substituents is 1. The minimum absolute atomic E-state index is 0.0212. The maximum absolute atomic E-state index is 14.0. The van der Waals surface area contributed by atoms with E-state index < -0.39 is 46.8 Å². The summed E-state index contributed by atoms with van der Waals surface area (Å²) in [6.45, 7) is 0. The first-order chi connectivity index (χ1) is 19.2. The summed E-state index contributed by atoms with van der Waals surface area (Å²) in [5, 5.41) is 13.6. The molecule has 0 aliphatic heterocycles. The van der Waals surface area contributed by atoms with Crippen molar-refractivity contribution >= 4 is 45.0 Å². The van der Waals surface area contributed by atoms with Crippen LogP contribution in [0.1, 0.15) is 47.8 Å². The van der Waals surface area contributed by atoms with Gasteiger partial charge in [-0.3, -0.25) is 14.4 Å². The number of rotatable bonds is 6. The molecule has 0 atom stereocenters. The van der Waals surface area contributed by atoms with Crippen LogP contribution >= 0.6 is 0 Å². The number of aromatic hydroxyl groups is 1. The summed E-state index contributed by atoms with van der Waals surface area (Å²) in [6, 6.07) is 10.1. The molecule has 0 bridgehead atoms. The van der Waals surface area contributed by atoms with Crippen molar-refractivity contribution in [2.75, 3.05) is 35.5 Å². The molecule has 0 unspecified atom stereocenters. The number of methoxy groups -OCH3 is 5. The fourth-order valence-corrected chi connectivity index (χ4v) is 5.31. The van der Waals surface area contributed by atoms with Gasteiger partial charge in [-0.2, -0.15) is 0 Å². The van der Waals surface area contributed by atoms with Crippen LogP contribution in [0.3, 0.4) is 0 Å². The first-order valence-corrected chi connectivity index (χ1v) is 12.0. The number of carbonyl (C=O) groups is 4. The first-order valence-electron chi connectivity index (χ1n) is 12.0. The monoisotopic (exact) mass is 544 g/mol. The van der Waals surface area contributed by atoms with Gasteiger partial charge in [-0.1, -0.05) is 12.1 Å². The van der Waals surface area contributed by atoms with Crippen LogP contribution in [0.25, 0.3) is 21.5 Å². The summed E-state index contributed by atoms with van der Waals surface area (Å²) in [5.74, 6) is -2.89. The molecule has 0 fully saturated rings. The van der Waals surface area contributed by atoms with E-state index in [0.29, 0.717) is 27.7 Å². The van der Waals surface area contributed by atoms with Crippen LogP contribution in [0, 0.1) is 0 Å². The standard InChI is InChI=1S/C30H24O10/c1-36-18-8-6-7-13-9-14-10-17-24(29(39-4)22(14)28(38-3)20(13)18)27(34)23-16(25(17)32)11-15(12-19(31)37-2)21(26(23)33)30(35)40-5/h6-11,33H,12H2,1-5H3. The maximum atomic E-state index is 14.0. The summed E-state index contributed by atoms with van der Waals surface area (Å²) in [7, 11) is 6.60. The molecule has 5 rings (SSSR count). The van der Waals surface area contributed by atoms with Crippen LogP contribution in [0.2, 0.25) is 0 Å². The van der Waals surface area contributed by atoms with Gasteiger partial charge in [-0.25, -0.2) is 4.79 Å². The normalized spacial score (nSPS) is 12.1. The number of ketones is 2. The van der Waals surface area contributed by atoms with Gasteiger partial charge in [0.2, 0.25) is 5.78 Å². The van der Waals surface area contributed by atoms with Gasteiger partial charge in [0.1, 0.15) is 28.6 Å². The summed E-state index contributed by atoms with van der Waals surface area (Å²) in [4.78, 5) is 52.6. The van der Waals surface area contributed by atoms with Crippen molar-refractivity contribution < 1.29 is 48.0 Å². The average Bonchev–Trinajstić information content (AvgIpc) is 2.96. The zero-order valence-electron chi connectivity index (χ0n) is 22.3. The van der Waals surface area contributed by atoms with Gasteiger partial charge >= 0.3 is 11.9 Å². The molecular weight excluding hydrogens is 520 g/mol. The molecule has 0 spiro atoms. The van der Waals surface area contributed by atoms with Crippen molar-refractivity contribution in [3.63, 3.8) is 0 Å². The van der Waals surface area contributed by atoms with Gasteiger partial charge in [0, 0.05) is 11.1 Å². The third-order valence-electron chi connectivity index (χ3n) is 7.04. The molecule has 1 N–H and O–H groups in total. The molecule has 0 saturated heterocycles. The topological polar surface area (TPSA) is 135 Å².